The van der Waals surface area contributed by atoms with Crippen molar-refractivity contribution in [3.63, 3.8) is 0 Å². The van der Waals surface area contributed by atoms with E-state index in [0.717, 1.165) is 48.9 Å². The molecule has 1 aliphatic heterocycles. The normalized spacial score (nSPS) is 15.1. The predicted molar refractivity (Wildman–Crippen MR) is 99.3 cm³/mol. The molecule has 0 aromatic carbocycles. The topological polar surface area (TPSA) is 83.6 Å². The van der Waals surface area contributed by atoms with Crippen LogP contribution in [0.25, 0.3) is 0 Å². The van der Waals surface area contributed by atoms with Crippen molar-refractivity contribution in [2.45, 2.75) is 25.1 Å². The minimum atomic E-state index is -0.510. The zero-order valence-corrected chi connectivity index (χ0v) is 15.0. The molecule has 0 saturated carbocycles. The molecule has 0 bridgehead atoms. The van der Waals surface area contributed by atoms with E-state index in [2.05, 4.69) is 21.5 Å². The van der Waals surface area contributed by atoms with Gasteiger partial charge in [-0.05, 0) is 38.1 Å². The summed E-state index contributed by atoms with van der Waals surface area (Å²) < 4.78 is 5.86. The van der Waals surface area contributed by atoms with Crippen molar-refractivity contribution in [3.8, 4) is 12.3 Å². The van der Waals surface area contributed by atoms with E-state index in [1.165, 1.54) is 12.8 Å². The van der Waals surface area contributed by atoms with Gasteiger partial charge in [-0.2, -0.15) is 11.8 Å². The van der Waals surface area contributed by atoms with Gasteiger partial charge in [-0.25, -0.2) is 0 Å². The van der Waals surface area contributed by atoms with Crippen LogP contribution in [-0.2, 0) is 12.3 Å². The number of thioether (sulfide) groups is 1. The molecule has 0 atom stereocenters. The average Bonchev–Trinajstić information content (AvgIpc) is 3.24. The van der Waals surface area contributed by atoms with Crippen molar-refractivity contribution in [2.75, 3.05) is 31.9 Å². The van der Waals surface area contributed by atoms with Gasteiger partial charge in [0.1, 0.15) is 11.5 Å². The lowest BCUT2D eigenvalue weighted by atomic mass is 10.4. The third kappa shape index (κ3) is 7.54. The molecule has 0 amide bonds. The number of nitrogens with zero attached hydrogens (tertiary/aromatic N) is 2. The minimum Gasteiger partial charge on any atom is -0.464 e. The Morgan fingerprint density at radius 3 is 2.88 bits per heavy atom. The Hall–Kier alpha value is -2.11. The molecule has 7 nitrogen and oxygen atoms in total. The van der Waals surface area contributed by atoms with Crippen LogP contribution in [0.4, 0.5) is 0 Å². The van der Waals surface area contributed by atoms with Crippen molar-refractivity contribution in [2.24, 2.45) is 0 Å². The zero-order valence-electron chi connectivity index (χ0n) is 14.2. The third-order valence-electron chi connectivity index (χ3n) is 3.72. The molecule has 2 heterocycles. The van der Waals surface area contributed by atoms with E-state index in [-0.39, 0.29) is 6.54 Å². The fraction of sp³-hybridized carbons (Fsp3) is 0.529. The number of hydrogen-bond donors (Lipinski definition) is 2. The maximum Gasteiger partial charge on any atom is 0.274 e. The first-order valence-electron chi connectivity index (χ1n) is 8.31. The van der Waals surface area contributed by atoms with E-state index in [9.17, 15) is 10.1 Å². The predicted octanol–water partition coefficient (Wildman–Crippen LogP) is 2.00. The van der Waals surface area contributed by atoms with Gasteiger partial charge in [0.25, 0.3) is 6.20 Å². The summed E-state index contributed by atoms with van der Waals surface area (Å²) in [7, 11) is 0. The maximum absolute atomic E-state index is 10.5. The average molecular weight is 364 g/mol. The van der Waals surface area contributed by atoms with Gasteiger partial charge >= 0.3 is 0 Å². The van der Waals surface area contributed by atoms with Crippen LogP contribution < -0.4 is 10.6 Å². The van der Waals surface area contributed by atoms with Gasteiger partial charge in [-0.1, -0.05) is 5.92 Å². The first-order chi connectivity index (χ1) is 12.2. The summed E-state index contributed by atoms with van der Waals surface area (Å²) in [6, 6.07) is 4.08. The smallest absolute Gasteiger partial charge is 0.274 e. The van der Waals surface area contributed by atoms with Crippen LogP contribution in [0.2, 0.25) is 0 Å². The van der Waals surface area contributed by atoms with Gasteiger partial charge in [-0.3, -0.25) is 15.0 Å². The molecule has 1 fully saturated rings. The Morgan fingerprint density at radius 1 is 1.40 bits per heavy atom. The Bertz CT molecular complexity index is 618. The largest absolute Gasteiger partial charge is 0.464 e. The van der Waals surface area contributed by atoms with Crippen molar-refractivity contribution in [1.29, 1.82) is 0 Å². The van der Waals surface area contributed by atoms with Gasteiger partial charge in [0.2, 0.25) is 0 Å². The summed E-state index contributed by atoms with van der Waals surface area (Å²) in [4.78, 5) is 12.4. The second-order valence-corrected chi connectivity index (χ2v) is 6.82. The molecule has 2 rings (SSSR count). The van der Waals surface area contributed by atoms with E-state index in [1.54, 1.807) is 11.8 Å². The lowest BCUT2D eigenvalue weighted by Gasteiger charge is -2.11. The summed E-state index contributed by atoms with van der Waals surface area (Å²) in [5.74, 6) is 6.28. The van der Waals surface area contributed by atoms with Crippen LogP contribution in [-0.4, -0.2) is 41.8 Å². The number of likely N-dealkylation sites (tertiary alicyclic amines) is 1. The fourth-order valence-corrected chi connectivity index (χ4v) is 3.33. The minimum absolute atomic E-state index is 0.242. The lowest BCUT2D eigenvalue weighted by molar-refractivity contribution is -0.404. The fourth-order valence-electron chi connectivity index (χ4n) is 2.58. The highest BCUT2D eigenvalue weighted by Crippen LogP contribution is 2.18. The van der Waals surface area contributed by atoms with Crippen LogP contribution in [0, 0.1) is 22.5 Å². The summed E-state index contributed by atoms with van der Waals surface area (Å²) in [6.07, 6.45) is 8.59. The van der Waals surface area contributed by atoms with Crippen LogP contribution >= 0.6 is 11.8 Å². The first-order valence-corrected chi connectivity index (χ1v) is 9.47. The molecule has 136 valence electrons. The Kier molecular flexibility index (Phi) is 8.22. The summed E-state index contributed by atoms with van der Waals surface area (Å²) in [6.45, 7) is 4.05. The highest BCUT2D eigenvalue weighted by molar-refractivity contribution is 7.98. The molecule has 1 aromatic heterocycles. The van der Waals surface area contributed by atoms with E-state index in [4.69, 9.17) is 10.8 Å². The molecule has 1 aliphatic rings. The van der Waals surface area contributed by atoms with Gasteiger partial charge in [-0.15, -0.1) is 6.42 Å². The number of rotatable bonds is 11. The molecule has 1 aromatic rings. The third-order valence-corrected chi connectivity index (χ3v) is 4.70. The van der Waals surface area contributed by atoms with Crippen LogP contribution in [0.3, 0.4) is 0 Å². The maximum atomic E-state index is 10.5. The lowest BCUT2D eigenvalue weighted by Crippen LogP contribution is -2.29. The molecular weight excluding hydrogens is 340 g/mol. The molecule has 1 saturated heterocycles. The second-order valence-electron chi connectivity index (χ2n) is 5.72. The van der Waals surface area contributed by atoms with Crippen molar-refractivity contribution in [3.05, 3.63) is 45.8 Å². The quantitative estimate of drug-likeness (QED) is 0.269. The van der Waals surface area contributed by atoms with Crippen molar-refractivity contribution >= 4 is 11.8 Å². The van der Waals surface area contributed by atoms with Crippen LogP contribution in [0.15, 0.2) is 28.6 Å². The van der Waals surface area contributed by atoms with Gasteiger partial charge in [0.15, 0.2) is 5.82 Å². The Labute approximate surface area is 152 Å². The van der Waals surface area contributed by atoms with Crippen LogP contribution in [0.1, 0.15) is 24.4 Å². The standard InChI is InChI=1S/C17H24N4O3S/c1-2-7-18-17(13-21(22)23)19-8-11-25-14-16-6-5-15(24-16)12-20-9-3-4-10-20/h1,5-6,13,18-19H,3-4,7-12,14H2. The zero-order chi connectivity index (χ0) is 17.9. The highest BCUT2D eigenvalue weighted by Gasteiger charge is 2.13. The van der Waals surface area contributed by atoms with Gasteiger partial charge < -0.3 is 15.1 Å². The van der Waals surface area contributed by atoms with Crippen molar-refractivity contribution in [1.82, 2.24) is 15.5 Å². The number of furan rings is 1. The summed E-state index contributed by atoms with van der Waals surface area (Å²) >= 11 is 1.71. The molecular formula is C17H24N4O3S. The molecule has 25 heavy (non-hydrogen) atoms. The van der Waals surface area contributed by atoms with Crippen molar-refractivity contribution < 1.29 is 9.34 Å². The Balaban J connectivity index is 1.64. The van der Waals surface area contributed by atoms with Crippen LogP contribution in [0.5, 0.6) is 0 Å². The number of nitro groups is 1. The summed E-state index contributed by atoms with van der Waals surface area (Å²) in [5, 5.41) is 16.3. The molecule has 0 radical (unpaired) electrons. The number of hydrogen-bond acceptors (Lipinski definition) is 7. The first kappa shape index (κ1) is 19.2. The number of nitrogens with one attached hydrogen (secondary N) is 2. The van der Waals surface area contributed by atoms with E-state index in [0.29, 0.717) is 12.4 Å². The van der Waals surface area contributed by atoms with Gasteiger partial charge in [0, 0.05) is 12.3 Å². The molecule has 0 aliphatic carbocycles. The number of terminal acetylenes is 1. The summed E-state index contributed by atoms with van der Waals surface area (Å²) in [5.41, 5.74) is 0. The second kappa shape index (κ2) is 10.7. The highest BCUT2D eigenvalue weighted by atomic mass is 32.2. The van der Waals surface area contributed by atoms with E-state index >= 15 is 0 Å². The monoisotopic (exact) mass is 364 g/mol. The van der Waals surface area contributed by atoms with Gasteiger partial charge in [0.05, 0.1) is 23.8 Å². The van der Waals surface area contributed by atoms with E-state index in [1.807, 2.05) is 12.1 Å². The van der Waals surface area contributed by atoms with E-state index < -0.39 is 4.92 Å². The molecule has 8 heteroatoms. The molecule has 2 N–H and O–H groups in total. The Morgan fingerprint density at radius 2 is 2.16 bits per heavy atom. The molecule has 0 spiro atoms. The molecule has 0 unspecified atom stereocenters. The SMILES string of the molecule is C#CCNC(=C[N+](=O)[O-])NCCSCc1ccc(CN2CCCC2)o1.